The molecule has 2 rings (SSSR count). The molecule has 0 heterocycles. The SMILES string of the molecule is OCCCc1cccc(NCCc2ccccc2)c1. The number of nitrogens with one attached hydrogen (secondary N) is 1. The van der Waals surface area contributed by atoms with Crippen LogP contribution >= 0.6 is 0 Å². The van der Waals surface area contributed by atoms with Crippen LogP contribution in [-0.2, 0) is 12.8 Å². The van der Waals surface area contributed by atoms with Crippen molar-refractivity contribution >= 4 is 5.69 Å². The van der Waals surface area contributed by atoms with Gasteiger partial charge in [-0.3, -0.25) is 0 Å². The molecule has 0 aliphatic heterocycles. The Hall–Kier alpha value is -1.80. The lowest BCUT2D eigenvalue weighted by molar-refractivity contribution is 0.288. The Balaban J connectivity index is 1.82. The lowest BCUT2D eigenvalue weighted by Crippen LogP contribution is -2.05. The Morgan fingerprint density at radius 1 is 0.842 bits per heavy atom. The molecule has 19 heavy (non-hydrogen) atoms. The zero-order valence-electron chi connectivity index (χ0n) is 11.2. The first kappa shape index (κ1) is 13.6. The van der Waals surface area contributed by atoms with Crippen LogP contribution in [0, 0.1) is 0 Å². The maximum absolute atomic E-state index is 8.85. The molecule has 100 valence electrons. The Morgan fingerprint density at radius 2 is 1.63 bits per heavy atom. The quantitative estimate of drug-likeness (QED) is 0.796. The third-order valence-corrected chi connectivity index (χ3v) is 3.14. The van der Waals surface area contributed by atoms with E-state index in [1.54, 1.807) is 0 Å². The van der Waals surface area contributed by atoms with E-state index in [1.807, 2.05) is 6.07 Å². The molecule has 0 aliphatic carbocycles. The highest BCUT2D eigenvalue weighted by atomic mass is 16.2. The van der Waals surface area contributed by atoms with Crippen molar-refractivity contribution in [3.8, 4) is 0 Å². The van der Waals surface area contributed by atoms with E-state index in [9.17, 15) is 0 Å². The van der Waals surface area contributed by atoms with Gasteiger partial charge in [-0.15, -0.1) is 0 Å². The minimum Gasteiger partial charge on any atom is -0.396 e. The zero-order valence-corrected chi connectivity index (χ0v) is 11.2. The number of rotatable bonds is 7. The molecule has 0 atom stereocenters. The average molecular weight is 255 g/mol. The minimum atomic E-state index is 0.256. The summed E-state index contributed by atoms with van der Waals surface area (Å²) in [4.78, 5) is 0. The molecule has 0 radical (unpaired) electrons. The first-order valence-electron chi connectivity index (χ1n) is 6.86. The van der Waals surface area contributed by atoms with Gasteiger partial charge in [-0.1, -0.05) is 42.5 Å². The van der Waals surface area contributed by atoms with E-state index in [2.05, 4.69) is 53.8 Å². The van der Waals surface area contributed by atoms with E-state index >= 15 is 0 Å². The van der Waals surface area contributed by atoms with Crippen LogP contribution < -0.4 is 5.32 Å². The van der Waals surface area contributed by atoms with Crippen molar-refractivity contribution in [3.05, 3.63) is 65.7 Å². The van der Waals surface area contributed by atoms with E-state index in [0.717, 1.165) is 31.5 Å². The molecule has 0 fully saturated rings. The average Bonchev–Trinajstić information content (AvgIpc) is 2.47. The molecule has 0 spiro atoms. The number of aliphatic hydroxyl groups is 1. The topological polar surface area (TPSA) is 32.3 Å². The predicted molar refractivity (Wildman–Crippen MR) is 80.5 cm³/mol. The molecule has 0 saturated heterocycles. The summed E-state index contributed by atoms with van der Waals surface area (Å²) < 4.78 is 0. The number of aryl methyl sites for hydroxylation is 1. The summed E-state index contributed by atoms with van der Waals surface area (Å²) in [5.74, 6) is 0. The van der Waals surface area contributed by atoms with Crippen molar-refractivity contribution in [2.45, 2.75) is 19.3 Å². The molecule has 2 nitrogen and oxygen atoms in total. The van der Waals surface area contributed by atoms with Crippen molar-refractivity contribution < 1.29 is 5.11 Å². The molecule has 0 unspecified atom stereocenters. The third-order valence-electron chi connectivity index (χ3n) is 3.14. The van der Waals surface area contributed by atoms with Crippen LogP contribution in [0.2, 0.25) is 0 Å². The summed E-state index contributed by atoms with van der Waals surface area (Å²) in [6.45, 7) is 1.19. The molecule has 0 amide bonds. The first-order chi connectivity index (χ1) is 9.38. The lowest BCUT2D eigenvalue weighted by Gasteiger charge is -2.08. The molecule has 2 aromatic rings. The standard InChI is InChI=1S/C17H21NO/c19-13-5-9-16-8-4-10-17(14-16)18-12-11-15-6-2-1-3-7-15/h1-4,6-8,10,14,18-19H,5,9,11-13H2. The number of aliphatic hydroxyl groups excluding tert-OH is 1. The first-order valence-corrected chi connectivity index (χ1v) is 6.86. The molecule has 0 saturated carbocycles. The highest BCUT2D eigenvalue weighted by Gasteiger charge is 1.96. The van der Waals surface area contributed by atoms with Gasteiger partial charge < -0.3 is 10.4 Å². The molecule has 0 aromatic heterocycles. The highest BCUT2D eigenvalue weighted by Crippen LogP contribution is 2.12. The van der Waals surface area contributed by atoms with E-state index < -0.39 is 0 Å². The van der Waals surface area contributed by atoms with Gasteiger partial charge in [0.1, 0.15) is 0 Å². The molecular formula is C17H21NO. The Morgan fingerprint density at radius 3 is 2.42 bits per heavy atom. The Labute approximate surface area is 115 Å². The van der Waals surface area contributed by atoms with Gasteiger partial charge >= 0.3 is 0 Å². The molecule has 0 bridgehead atoms. The van der Waals surface area contributed by atoms with Crippen molar-refractivity contribution in [2.24, 2.45) is 0 Å². The van der Waals surface area contributed by atoms with Crippen LogP contribution in [0.5, 0.6) is 0 Å². The lowest BCUT2D eigenvalue weighted by atomic mass is 10.1. The van der Waals surface area contributed by atoms with Gasteiger partial charge in [-0.05, 0) is 42.5 Å². The number of anilines is 1. The zero-order chi connectivity index (χ0) is 13.3. The summed E-state index contributed by atoms with van der Waals surface area (Å²) in [5.41, 5.74) is 3.79. The van der Waals surface area contributed by atoms with Gasteiger partial charge in [0.25, 0.3) is 0 Å². The van der Waals surface area contributed by atoms with Crippen LogP contribution in [0.15, 0.2) is 54.6 Å². The van der Waals surface area contributed by atoms with Crippen molar-refractivity contribution in [3.63, 3.8) is 0 Å². The molecule has 2 N–H and O–H groups in total. The van der Waals surface area contributed by atoms with Gasteiger partial charge in [0.05, 0.1) is 0 Å². The minimum absolute atomic E-state index is 0.256. The predicted octanol–water partition coefficient (Wildman–Crippen LogP) is 3.27. The van der Waals surface area contributed by atoms with Crippen molar-refractivity contribution in [1.29, 1.82) is 0 Å². The second-order valence-electron chi connectivity index (χ2n) is 4.69. The van der Waals surface area contributed by atoms with Crippen LogP contribution in [-0.4, -0.2) is 18.3 Å². The summed E-state index contributed by atoms with van der Waals surface area (Å²) in [6, 6.07) is 18.9. The van der Waals surface area contributed by atoms with E-state index in [-0.39, 0.29) is 6.61 Å². The van der Waals surface area contributed by atoms with Crippen LogP contribution in [0.25, 0.3) is 0 Å². The summed E-state index contributed by atoms with van der Waals surface area (Å²) in [5, 5.41) is 12.3. The second kappa shape index (κ2) is 7.59. The largest absolute Gasteiger partial charge is 0.396 e. The van der Waals surface area contributed by atoms with E-state index in [1.165, 1.54) is 11.1 Å². The van der Waals surface area contributed by atoms with Gasteiger partial charge in [0, 0.05) is 18.8 Å². The summed E-state index contributed by atoms with van der Waals surface area (Å²) >= 11 is 0. The molecular weight excluding hydrogens is 234 g/mol. The smallest absolute Gasteiger partial charge is 0.0434 e. The number of hydrogen-bond acceptors (Lipinski definition) is 2. The van der Waals surface area contributed by atoms with Crippen LogP contribution in [0.3, 0.4) is 0 Å². The molecule has 2 aromatic carbocycles. The van der Waals surface area contributed by atoms with Gasteiger partial charge in [0.15, 0.2) is 0 Å². The van der Waals surface area contributed by atoms with E-state index in [4.69, 9.17) is 5.11 Å². The fraction of sp³-hybridized carbons (Fsp3) is 0.294. The van der Waals surface area contributed by atoms with Gasteiger partial charge in [0.2, 0.25) is 0 Å². The fourth-order valence-corrected chi connectivity index (χ4v) is 2.12. The molecule has 2 heteroatoms. The second-order valence-corrected chi connectivity index (χ2v) is 4.69. The van der Waals surface area contributed by atoms with Crippen molar-refractivity contribution in [2.75, 3.05) is 18.5 Å². The fourth-order valence-electron chi connectivity index (χ4n) is 2.12. The van der Waals surface area contributed by atoms with E-state index in [0.29, 0.717) is 0 Å². The highest BCUT2D eigenvalue weighted by molar-refractivity contribution is 5.45. The normalized spacial score (nSPS) is 10.4. The number of hydrogen-bond donors (Lipinski definition) is 2. The number of benzene rings is 2. The maximum Gasteiger partial charge on any atom is 0.0434 e. The van der Waals surface area contributed by atoms with Crippen LogP contribution in [0.4, 0.5) is 5.69 Å². The van der Waals surface area contributed by atoms with Crippen LogP contribution in [0.1, 0.15) is 17.5 Å². The monoisotopic (exact) mass is 255 g/mol. The van der Waals surface area contributed by atoms with Crippen molar-refractivity contribution in [1.82, 2.24) is 0 Å². The summed E-state index contributed by atoms with van der Waals surface area (Å²) in [6.07, 6.45) is 2.79. The van der Waals surface area contributed by atoms with Gasteiger partial charge in [-0.2, -0.15) is 0 Å². The Kier molecular flexibility index (Phi) is 5.45. The molecule has 0 aliphatic rings. The maximum atomic E-state index is 8.85. The Bertz CT molecular complexity index is 482. The summed E-state index contributed by atoms with van der Waals surface area (Å²) in [7, 11) is 0. The third kappa shape index (κ3) is 4.76. The van der Waals surface area contributed by atoms with Gasteiger partial charge in [-0.25, -0.2) is 0 Å².